The summed E-state index contributed by atoms with van der Waals surface area (Å²) in [6, 6.07) is 0. The summed E-state index contributed by atoms with van der Waals surface area (Å²) in [7, 11) is -1.52. The third-order valence-electron chi connectivity index (χ3n) is 3.68. The first kappa shape index (κ1) is 22.4. The van der Waals surface area contributed by atoms with E-state index in [1.54, 1.807) is 0 Å². The summed E-state index contributed by atoms with van der Waals surface area (Å²) in [5.41, 5.74) is 0. The first-order chi connectivity index (χ1) is 9.48. The van der Waals surface area contributed by atoms with Gasteiger partial charge in [0, 0.05) is 0 Å². The second kappa shape index (κ2) is 9.66. The molecule has 0 atom stereocenters. The molecular formula is C16H27Cl2O2SiZr. The molecule has 0 heterocycles. The maximum atomic E-state index is 6.47. The second-order valence-electron chi connectivity index (χ2n) is 6.19. The fourth-order valence-corrected chi connectivity index (χ4v) is 11.8. The van der Waals surface area contributed by atoms with Crippen LogP contribution >= 0.6 is 24.8 Å². The van der Waals surface area contributed by atoms with Gasteiger partial charge in [0.1, 0.15) is 0 Å². The number of hydrogen-bond donors (Lipinski definition) is 0. The molecule has 0 spiro atoms. The number of rotatable bonds is 6. The van der Waals surface area contributed by atoms with Crippen molar-refractivity contribution < 1.29 is 27.5 Å². The molecule has 2 aliphatic rings. The van der Waals surface area contributed by atoms with Gasteiger partial charge in [0.25, 0.3) is 0 Å². The van der Waals surface area contributed by atoms with Crippen molar-refractivity contribution in [3.63, 3.8) is 0 Å². The van der Waals surface area contributed by atoms with Crippen molar-refractivity contribution in [2.24, 2.45) is 0 Å². The van der Waals surface area contributed by atoms with E-state index < -0.39 is 28.5 Å². The van der Waals surface area contributed by atoms with Crippen LogP contribution in [0.1, 0.15) is 19.8 Å². The zero-order valence-corrected chi connectivity index (χ0v) is 18.9. The zero-order chi connectivity index (χ0) is 14.6. The third-order valence-corrected chi connectivity index (χ3v) is 14.6. The standard InChI is InChI=1S/2C5H5.C4H11O2Si.C2H4.2ClH.Zr/c2*1-2-4-5-3-1;1-7(2,3)6-4-5;1-2;;;/h2*1-3H,4H2;4H2,1-3H3;1H,2H3;2*1H;/q;;-1;;;;+1. The Morgan fingerprint density at radius 3 is 1.86 bits per heavy atom. The number of halogens is 2. The van der Waals surface area contributed by atoms with Gasteiger partial charge < -0.3 is 0 Å². The van der Waals surface area contributed by atoms with Crippen LogP contribution in [-0.2, 0) is 27.5 Å². The van der Waals surface area contributed by atoms with Crippen LogP contribution in [-0.4, -0.2) is 18.8 Å². The molecule has 0 aromatic heterocycles. The molecule has 22 heavy (non-hydrogen) atoms. The van der Waals surface area contributed by atoms with Gasteiger partial charge in [-0.05, 0) is 0 Å². The molecule has 0 N–H and O–H groups in total. The molecule has 2 rings (SSSR count). The van der Waals surface area contributed by atoms with Crippen LogP contribution in [0.2, 0.25) is 19.6 Å². The quantitative estimate of drug-likeness (QED) is 0.415. The van der Waals surface area contributed by atoms with Crippen molar-refractivity contribution in [2.75, 3.05) is 6.79 Å². The van der Waals surface area contributed by atoms with Crippen molar-refractivity contribution in [2.45, 2.75) is 39.4 Å². The molecule has 0 amide bonds. The summed E-state index contributed by atoms with van der Waals surface area (Å²) in [6.07, 6.45) is 15.4. The Balaban J connectivity index is 0.00000220. The van der Waals surface area contributed by atoms with Crippen molar-refractivity contribution in [3.8, 4) is 0 Å². The Morgan fingerprint density at radius 1 is 1.05 bits per heavy atom. The fourth-order valence-electron chi connectivity index (χ4n) is 2.59. The van der Waals surface area contributed by atoms with E-state index >= 15 is 0 Å². The zero-order valence-electron chi connectivity index (χ0n) is 13.8. The summed E-state index contributed by atoms with van der Waals surface area (Å²) in [6.45, 7) is 9.23. The summed E-state index contributed by atoms with van der Waals surface area (Å²) in [5.74, 6) is 0. The van der Waals surface area contributed by atoms with E-state index in [0.29, 0.717) is 6.79 Å². The van der Waals surface area contributed by atoms with Crippen LogP contribution in [0.3, 0.4) is 0 Å². The minimum Gasteiger partial charge on any atom is -0.147 e. The number of hydrogen-bond acceptors (Lipinski definition) is 2. The van der Waals surface area contributed by atoms with E-state index in [4.69, 9.17) is 7.24 Å². The van der Waals surface area contributed by atoms with Gasteiger partial charge in [0.2, 0.25) is 0 Å². The molecule has 0 radical (unpaired) electrons. The maximum Gasteiger partial charge on any atom is -0.147 e. The van der Waals surface area contributed by atoms with Gasteiger partial charge in [-0.15, -0.1) is 24.8 Å². The van der Waals surface area contributed by atoms with Crippen molar-refractivity contribution in [1.29, 1.82) is 0 Å². The Labute approximate surface area is 152 Å². The van der Waals surface area contributed by atoms with Crippen LogP contribution in [0.25, 0.3) is 0 Å². The van der Waals surface area contributed by atoms with Crippen LogP contribution in [0.4, 0.5) is 0 Å². The molecule has 0 aromatic carbocycles. The Bertz CT molecular complexity index is 509. The summed E-state index contributed by atoms with van der Waals surface area (Å²) in [5, 5.41) is 0. The molecule has 6 heteroatoms. The molecular weight excluding hydrogens is 414 g/mol. The van der Waals surface area contributed by atoms with Crippen LogP contribution in [0.5, 0.6) is 0 Å². The van der Waals surface area contributed by atoms with E-state index in [1.165, 1.54) is 6.56 Å². The van der Waals surface area contributed by atoms with Gasteiger partial charge in [-0.1, -0.05) is 0 Å². The molecule has 0 saturated heterocycles. The monoisotopic (exact) mass is 439 g/mol. The minimum atomic E-state index is -3.02. The van der Waals surface area contributed by atoms with Gasteiger partial charge in [-0.25, -0.2) is 0 Å². The van der Waals surface area contributed by atoms with Gasteiger partial charge in [0.05, 0.1) is 0 Å². The molecule has 0 aliphatic heterocycles. The topological polar surface area (TPSA) is 18.5 Å². The second-order valence-corrected chi connectivity index (χ2v) is 19.6. The Morgan fingerprint density at radius 2 is 1.55 bits per heavy atom. The molecule has 2 nitrogen and oxygen atoms in total. The largest absolute Gasteiger partial charge is 0.147 e. The first-order valence-corrected chi connectivity index (χ1v) is 15.6. The van der Waals surface area contributed by atoms with Crippen LogP contribution in [0.15, 0.2) is 43.0 Å². The Hall–Kier alpha value is 0.430. The van der Waals surface area contributed by atoms with Crippen LogP contribution < -0.4 is 0 Å². The predicted octanol–water partition coefficient (Wildman–Crippen LogP) is 5.23. The smallest absolute Gasteiger partial charge is 0.147 e. The average molecular weight is 442 g/mol. The molecule has 0 unspecified atom stereocenters. The van der Waals surface area contributed by atoms with E-state index in [2.05, 4.69) is 66.7 Å². The van der Waals surface area contributed by atoms with E-state index in [9.17, 15) is 0 Å². The summed E-state index contributed by atoms with van der Waals surface area (Å²) in [4.78, 5) is 0. The Kier molecular flexibility index (Phi) is 9.85. The average Bonchev–Trinajstić information content (AvgIpc) is 3.06. The molecule has 125 valence electrons. The SMILES string of the molecule is C[CH]=[Zr]([O]CO[Si](C)(C)C)([C]1=CC=CC1)[C]1=CC=CC1.Cl.Cl. The van der Waals surface area contributed by atoms with Gasteiger partial charge in [0.15, 0.2) is 0 Å². The van der Waals surface area contributed by atoms with Crippen molar-refractivity contribution in [3.05, 3.63) is 43.0 Å². The van der Waals surface area contributed by atoms with E-state index in [1.807, 2.05) is 0 Å². The van der Waals surface area contributed by atoms with Gasteiger partial charge in [-0.2, -0.15) is 0 Å². The normalized spacial score (nSPS) is 16.7. The molecule has 0 bridgehead atoms. The number of allylic oxidation sites excluding steroid dienone is 8. The van der Waals surface area contributed by atoms with E-state index in [0.717, 1.165) is 12.8 Å². The molecule has 0 fully saturated rings. The predicted molar refractivity (Wildman–Crippen MR) is 100 cm³/mol. The van der Waals surface area contributed by atoms with Crippen molar-refractivity contribution >= 4 is 36.8 Å². The molecule has 0 saturated carbocycles. The summed E-state index contributed by atoms with van der Waals surface area (Å²) < 4.78 is 17.8. The van der Waals surface area contributed by atoms with Crippen molar-refractivity contribution in [1.82, 2.24) is 0 Å². The maximum absolute atomic E-state index is 6.47. The summed E-state index contributed by atoms with van der Waals surface area (Å²) >= 11 is -3.02. The van der Waals surface area contributed by atoms with Gasteiger partial charge in [-0.3, -0.25) is 0 Å². The first-order valence-electron chi connectivity index (χ1n) is 7.29. The van der Waals surface area contributed by atoms with E-state index in [-0.39, 0.29) is 24.8 Å². The minimum absolute atomic E-state index is 0. The molecule has 0 aromatic rings. The fraction of sp³-hybridized carbons (Fsp3) is 0.438. The van der Waals surface area contributed by atoms with Crippen LogP contribution in [0, 0.1) is 0 Å². The third kappa shape index (κ3) is 5.51. The molecule has 2 aliphatic carbocycles. The van der Waals surface area contributed by atoms with Gasteiger partial charge >= 0.3 is 129 Å².